The SMILES string of the molecule is CCN1C(=O)C(Cc2cccc(OC)c2O)(OC(=O)COC)c2cc(Cl)ccc21. The number of esters is 1. The molecule has 29 heavy (non-hydrogen) atoms. The maximum absolute atomic E-state index is 13.5. The fraction of sp³-hybridized carbons (Fsp3) is 0.333. The fourth-order valence-electron chi connectivity index (χ4n) is 3.61. The minimum Gasteiger partial charge on any atom is -0.504 e. The smallest absolute Gasteiger partial charge is 0.333 e. The first-order valence-electron chi connectivity index (χ1n) is 9.05. The first kappa shape index (κ1) is 21.0. The van der Waals surface area contributed by atoms with Crippen LogP contribution in [0.5, 0.6) is 11.5 Å². The zero-order chi connectivity index (χ0) is 21.2. The summed E-state index contributed by atoms with van der Waals surface area (Å²) in [7, 11) is 2.79. The van der Waals surface area contributed by atoms with Crippen molar-refractivity contribution in [2.45, 2.75) is 18.9 Å². The number of methoxy groups -OCH3 is 2. The number of carbonyl (C=O) groups is 2. The van der Waals surface area contributed by atoms with Crippen LogP contribution in [-0.4, -0.2) is 44.4 Å². The van der Waals surface area contributed by atoms with Crippen LogP contribution in [0.4, 0.5) is 5.69 Å². The predicted molar refractivity (Wildman–Crippen MR) is 107 cm³/mol. The number of anilines is 1. The van der Waals surface area contributed by atoms with Gasteiger partial charge in [-0.2, -0.15) is 0 Å². The van der Waals surface area contributed by atoms with Gasteiger partial charge in [0.1, 0.15) is 6.61 Å². The second-order valence-corrected chi connectivity index (χ2v) is 7.03. The summed E-state index contributed by atoms with van der Waals surface area (Å²) in [5.41, 5.74) is -0.222. The van der Waals surface area contributed by atoms with Crippen LogP contribution >= 0.6 is 11.6 Å². The number of ether oxygens (including phenoxy) is 3. The van der Waals surface area contributed by atoms with Crippen molar-refractivity contribution in [1.82, 2.24) is 0 Å². The topological polar surface area (TPSA) is 85.3 Å². The fourth-order valence-corrected chi connectivity index (χ4v) is 3.79. The second kappa shape index (κ2) is 8.31. The Morgan fingerprint density at radius 1 is 1.24 bits per heavy atom. The first-order chi connectivity index (χ1) is 13.9. The summed E-state index contributed by atoms with van der Waals surface area (Å²) in [6.07, 6.45) is -0.0891. The quantitative estimate of drug-likeness (QED) is 0.694. The third-order valence-electron chi connectivity index (χ3n) is 4.88. The number of hydrogen-bond acceptors (Lipinski definition) is 6. The van der Waals surface area contributed by atoms with E-state index in [0.717, 1.165) is 0 Å². The van der Waals surface area contributed by atoms with Gasteiger partial charge in [-0.15, -0.1) is 0 Å². The maximum atomic E-state index is 13.5. The highest BCUT2D eigenvalue weighted by Gasteiger charge is 2.54. The first-order valence-corrected chi connectivity index (χ1v) is 9.43. The van der Waals surface area contributed by atoms with Crippen molar-refractivity contribution < 1.29 is 28.9 Å². The summed E-state index contributed by atoms with van der Waals surface area (Å²) in [4.78, 5) is 27.4. The van der Waals surface area contributed by atoms with Crippen LogP contribution in [0.2, 0.25) is 5.02 Å². The van der Waals surface area contributed by atoms with Gasteiger partial charge in [0.15, 0.2) is 11.5 Å². The number of aromatic hydroxyl groups is 1. The molecule has 1 heterocycles. The molecule has 8 heteroatoms. The molecule has 2 aromatic rings. The largest absolute Gasteiger partial charge is 0.504 e. The number of nitrogens with zero attached hydrogens (tertiary/aromatic N) is 1. The minimum atomic E-state index is -1.68. The average molecular weight is 420 g/mol. The Morgan fingerprint density at radius 3 is 2.66 bits per heavy atom. The Hall–Kier alpha value is -2.77. The van der Waals surface area contributed by atoms with E-state index in [1.54, 1.807) is 36.4 Å². The van der Waals surface area contributed by atoms with Crippen LogP contribution in [-0.2, 0) is 31.1 Å². The molecular formula is C21H22ClNO6. The lowest BCUT2D eigenvalue weighted by Gasteiger charge is -2.29. The molecule has 1 N–H and O–H groups in total. The standard InChI is InChI=1S/C21H22ClNO6/c1-4-23-16-9-8-14(22)10-15(16)21(20(23)26,29-18(24)12-27-2)11-13-6-5-7-17(28-3)19(13)25/h5-10,25H,4,11-12H2,1-3H3. The van der Waals surface area contributed by atoms with Crippen molar-refractivity contribution >= 4 is 29.2 Å². The third kappa shape index (κ3) is 3.63. The van der Waals surface area contributed by atoms with E-state index in [1.807, 2.05) is 6.92 Å². The number of amides is 1. The molecule has 0 aromatic heterocycles. The summed E-state index contributed by atoms with van der Waals surface area (Å²) in [6.45, 7) is 1.88. The molecule has 0 bridgehead atoms. The predicted octanol–water partition coefficient (Wildman–Crippen LogP) is 3.05. The highest BCUT2D eigenvalue weighted by Crippen LogP contribution is 2.47. The molecule has 1 aliphatic heterocycles. The van der Waals surface area contributed by atoms with Crippen molar-refractivity contribution in [3.63, 3.8) is 0 Å². The van der Waals surface area contributed by atoms with Gasteiger partial charge in [0.25, 0.3) is 5.91 Å². The van der Waals surface area contributed by atoms with Gasteiger partial charge in [-0.05, 0) is 31.2 Å². The van der Waals surface area contributed by atoms with Gasteiger partial charge in [0.05, 0.1) is 12.8 Å². The van der Waals surface area contributed by atoms with Gasteiger partial charge in [-0.1, -0.05) is 23.7 Å². The van der Waals surface area contributed by atoms with E-state index in [2.05, 4.69) is 0 Å². The lowest BCUT2D eigenvalue weighted by molar-refractivity contribution is -0.171. The molecule has 0 saturated heterocycles. The molecule has 0 spiro atoms. The van der Waals surface area contributed by atoms with E-state index >= 15 is 0 Å². The van der Waals surface area contributed by atoms with Crippen molar-refractivity contribution in [3.05, 3.63) is 52.5 Å². The molecule has 1 amide bonds. The van der Waals surface area contributed by atoms with Crippen LogP contribution < -0.4 is 9.64 Å². The summed E-state index contributed by atoms with van der Waals surface area (Å²) >= 11 is 6.20. The Balaban J connectivity index is 2.19. The van der Waals surface area contributed by atoms with Crippen LogP contribution in [0, 0.1) is 0 Å². The number of para-hydroxylation sites is 1. The maximum Gasteiger partial charge on any atom is 0.333 e. The zero-order valence-corrected chi connectivity index (χ0v) is 17.2. The molecule has 2 aromatic carbocycles. The highest BCUT2D eigenvalue weighted by atomic mass is 35.5. The molecular weight excluding hydrogens is 398 g/mol. The number of phenolic OH excluding ortho intramolecular Hbond substituents is 1. The number of phenols is 1. The Labute approximate surface area is 173 Å². The summed E-state index contributed by atoms with van der Waals surface area (Å²) < 4.78 is 15.8. The average Bonchev–Trinajstić information content (AvgIpc) is 2.91. The molecule has 1 unspecified atom stereocenters. The number of fused-ring (bicyclic) bond motifs is 1. The van der Waals surface area contributed by atoms with Crippen LogP contribution in [0.3, 0.4) is 0 Å². The lowest BCUT2D eigenvalue weighted by Crippen LogP contribution is -2.46. The lowest BCUT2D eigenvalue weighted by atomic mass is 9.87. The van der Waals surface area contributed by atoms with Crippen LogP contribution in [0.15, 0.2) is 36.4 Å². The van der Waals surface area contributed by atoms with Gasteiger partial charge in [-0.3, -0.25) is 4.79 Å². The van der Waals surface area contributed by atoms with E-state index in [9.17, 15) is 14.7 Å². The van der Waals surface area contributed by atoms with E-state index < -0.39 is 17.5 Å². The Morgan fingerprint density at radius 2 is 2.00 bits per heavy atom. The molecule has 1 aliphatic rings. The molecule has 0 radical (unpaired) electrons. The van der Waals surface area contributed by atoms with Crippen LogP contribution in [0.25, 0.3) is 0 Å². The van der Waals surface area contributed by atoms with E-state index in [0.29, 0.717) is 28.4 Å². The molecule has 0 fully saturated rings. The number of carbonyl (C=O) groups excluding carboxylic acids is 2. The monoisotopic (exact) mass is 419 g/mol. The van der Waals surface area contributed by atoms with Gasteiger partial charge in [0, 0.05) is 36.2 Å². The van der Waals surface area contributed by atoms with Crippen LogP contribution in [0.1, 0.15) is 18.1 Å². The van der Waals surface area contributed by atoms with Crippen molar-refractivity contribution in [2.75, 3.05) is 32.3 Å². The number of rotatable bonds is 7. The zero-order valence-electron chi connectivity index (χ0n) is 16.4. The van der Waals surface area contributed by atoms with Crippen molar-refractivity contribution in [1.29, 1.82) is 0 Å². The Kier molecular flexibility index (Phi) is 6.00. The van der Waals surface area contributed by atoms with E-state index in [4.69, 9.17) is 25.8 Å². The Bertz CT molecular complexity index is 947. The van der Waals surface area contributed by atoms with Gasteiger partial charge >= 0.3 is 5.97 Å². The van der Waals surface area contributed by atoms with Gasteiger partial charge in [-0.25, -0.2) is 4.79 Å². The molecule has 0 saturated carbocycles. The summed E-state index contributed by atoms with van der Waals surface area (Å²) in [5, 5.41) is 11.0. The minimum absolute atomic E-state index is 0.0891. The molecule has 1 atom stereocenters. The van der Waals surface area contributed by atoms with Crippen molar-refractivity contribution in [2.24, 2.45) is 0 Å². The molecule has 154 valence electrons. The number of halogens is 1. The third-order valence-corrected chi connectivity index (χ3v) is 5.12. The van der Waals surface area contributed by atoms with E-state index in [1.165, 1.54) is 19.1 Å². The molecule has 7 nitrogen and oxygen atoms in total. The molecule has 0 aliphatic carbocycles. The number of benzene rings is 2. The molecule has 3 rings (SSSR count). The van der Waals surface area contributed by atoms with Gasteiger partial charge in [0.2, 0.25) is 5.60 Å². The van der Waals surface area contributed by atoms with E-state index in [-0.39, 0.29) is 24.5 Å². The van der Waals surface area contributed by atoms with Crippen molar-refractivity contribution in [3.8, 4) is 11.5 Å². The number of likely N-dealkylation sites (N-methyl/N-ethyl adjacent to an activating group) is 1. The highest BCUT2D eigenvalue weighted by molar-refractivity contribution is 6.31. The van der Waals surface area contributed by atoms with Gasteiger partial charge < -0.3 is 24.2 Å². The summed E-state index contributed by atoms with van der Waals surface area (Å²) in [5.74, 6) is -0.982. The normalized spacial score (nSPS) is 17.9. The number of hydrogen-bond donors (Lipinski definition) is 1. The summed E-state index contributed by atoms with van der Waals surface area (Å²) in [6, 6.07) is 9.94. The second-order valence-electron chi connectivity index (χ2n) is 6.59.